The van der Waals surface area contributed by atoms with Crippen molar-refractivity contribution < 1.29 is 9.53 Å². The van der Waals surface area contributed by atoms with Crippen LogP contribution in [0.5, 0.6) is 0 Å². The molecule has 3 rings (SSSR count). The van der Waals surface area contributed by atoms with Gasteiger partial charge in [-0.05, 0) is 57.5 Å². The summed E-state index contributed by atoms with van der Waals surface area (Å²) >= 11 is 0. The van der Waals surface area contributed by atoms with Gasteiger partial charge in [0.05, 0.1) is 6.61 Å². The maximum absolute atomic E-state index is 11.8. The van der Waals surface area contributed by atoms with Crippen LogP contribution in [-0.2, 0) is 17.6 Å². The highest BCUT2D eigenvalue weighted by atomic mass is 16.5. The fourth-order valence-corrected chi connectivity index (χ4v) is 3.98. The molecule has 5 heteroatoms. The first kappa shape index (κ1) is 18.2. The van der Waals surface area contributed by atoms with Gasteiger partial charge in [-0.25, -0.2) is 4.79 Å². The number of fused-ring (bicyclic) bond motifs is 1. The molecule has 0 saturated carbocycles. The summed E-state index contributed by atoms with van der Waals surface area (Å²) in [5.41, 5.74) is 3.01. The van der Waals surface area contributed by atoms with E-state index < -0.39 is 0 Å². The van der Waals surface area contributed by atoms with Crippen molar-refractivity contribution in [1.29, 1.82) is 0 Å². The lowest BCUT2D eigenvalue weighted by Crippen LogP contribution is -2.44. The Hall–Kier alpha value is -1.59. The standard InChI is InChI=1S/C20H31N3O2/c1-22(2)11-9-21-20(24)25-15-16-6-5-10-23(14-16)19-12-17-7-3-4-8-18(17)13-19/h3-4,7-8,16,19H,5-6,9-15H2,1-2H3,(H,21,24). The van der Waals surface area contributed by atoms with Gasteiger partial charge in [-0.2, -0.15) is 0 Å². The zero-order valence-electron chi connectivity index (χ0n) is 15.5. The second-order valence-electron chi connectivity index (χ2n) is 7.66. The molecule has 1 N–H and O–H groups in total. The van der Waals surface area contributed by atoms with E-state index in [1.165, 1.54) is 24.1 Å². The van der Waals surface area contributed by atoms with Gasteiger partial charge in [0.15, 0.2) is 0 Å². The van der Waals surface area contributed by atoms with E-state index in [0.717, 1.165) is 32.4 Å². The van der Waals surface area contributed by atoms with Crippen LogP contribution in [0.25, 0.3) is 0 Å². The van der Waals surface area contributed by atoms with Gasteiger partial charge in [0.2, 0.25) is 0 Å². The van der Waals surface area contributed by atoms with Crippen LogP contribution >= 0.6 is 0 Å². The highest BCUT2D eigenvalue weighted by molar-refractivity contribution is 5.67. The van der Waals surface area contributed by atoms with Crippen LogP contribution in [0.3, 0.4) is 0 Å². The van der Waals surface area contributed by atoms with E-state index in [4.69, 9.17) is 4.74 Å². The molecule has 0 aromatic heterocycles. The summed E-state index contributed by atoms with van der Waals surface area (Å²) in [7, 11) is 3.98. The molecule has 1 aromatic rings. The Kier molecular flexibility index (Phi) is 6.32. The van der Waals surface area contributed by atoms with Gasteiger partial charge in [0.25, 0.3) is 0 Å². The first-order valence-electron chi connectivity index (χ1n) is 9.48. The zero-order valence-corrected chi connectivity index (χ0v) is 15.5. The van der Waals surface area contributed by atoms with E-state index in [-0.39, 0.29) is 6.09 Å². The summed E-state index contributed by atoms with van der Waals surface area (Å²) in [6.07, 6.45) is 4.39. The average Bonchev–Trinajstić information content (AvgIpc) is 3.04. The maximum Gasteiger partial charge on any atom is 0.407 e. The van der Waals surface area contributed by atoms with E-state index in [0.29, 0.717) is 25.1 Å². The SMILES string of the molecule is CN(C)CCNC(=O)OCC1CCCN(C2Cc3ccccc3C2)C1. The van der Waals surface area contributed by atoms with Crippen LogP contribution in [0, 0.1) is 5.92 Å². The van der Waals surface area contributed by atoms with Crippen molar-refractivity contribution in [2.45, 2.75) is 31.7 Å². The lowest BCUT2D eigenvalue weighted by molar-refractivity contribution is 0.0725. The Balaban J connectivity index is 1.41. The van der Waals surface area contributed by atoms with Crippen molar-refractivity contribution in [3.8, 4) is 0 Å². The number of hydrogen-bond acceptors (Lipinski definition) is 4. The second kappa shape index (κ2) is 8.68. The second-order valence-corrected chi connectivity index (χ2v) is 7.66. The lowest BCUT2D eigenvalue weighted by atomic mass is 9.97. The topological polar surface area (TPSA) is 44.8 Å². The molecule has 0 radical (unpaired) electrons. The van der Waals surface area contributed by atoms with Crippen LogP contribution in [-0.4, -0.2) is 68.8 Å². The number of ether oxygens (including phenoxy) is 1. The first-order chi connectivity index (χ1) is 12.1. The van der Waals surface area contributed by atoms with Gasteiger partial charge < -0.3 is 15.0 Å². The molecule has 25 heavy (non-hydrogen) atoms. The van der Waals surface area contributed by atoms with Gasteiger partial charge >= 0.3 is 6.09 Å². The maximum atomic E-state index is 11.8. The van der Waals surface area contributed by atoms with Crippen LogP contribution in [0.15, 0.2) is 24.3 Å². The van der Waals surface area contributed by atoms with Gasteiger partial charge in [0, 0.05) is 31.6 Å². The number of hydrogen-bond donors (Lipinski definition) is 1. The van der Waals surface area contributed by atoms with E-state index in [1.54, 1.807) is 0 Å². The molecule has 0 bridgehead atoms. The van der Waals surface area contributed by atoms with Gasteiger partial charge in [-0.1, -0.05) is 24.3 Å². The number of nitrogens with one attached hydrogen (secondary N) is 1. The molecule has 1 atom stereocenters. The minimum Gasteiger partial charge on any atom is -0.449 e. The molecular formula is C20H31N3O2. The first-order valence-corrected chi connectivity index (χ1v) is 9.48. The predicted molar refractivity (Wildman–Crippen MR) is 99.8 cm³/mol. The summed E-state index contributed by atoms with van der Waals surface area (Å²) < 4.78 is 5.44. The zero-order chi connectivity index (χ0) is 17.6. The molecular weight excluding hydrogens is 314 g/mol. The monoisotopic (exact) mass is 345 g/mol. The predicted octanol–water partition coefficient (Wildman–Crippen LogP) is 2.15. The third-order valence-electron chi connectivity index (χ3n) is 5.37. The van der Waals surface area contributed by atoms with Crippen molar-refractivity contribution in [3.05, 3.63) is 35.4 Å². The van der Waals surface area contributed by atoms with Crippen molar-refractivity contribution in [3.63, 3.8) is 0 Å². The van der Waals surface area contributed by atoms with Crippen LogP contribution in [0.2, 0.25) is 0 Å². The minimum atomic E-state index is -0.285. The third-order valence-corrected chi connectivity index (χ3v) is 5.37. The molecule has 1 amide bonds. The Morgan fingerprint density at radius 2 is 2.00 bits per heavy atom. The molecule has 2 aliphatic rings. The van der Waals surface area contributed by atoms with Crippen molar-refractivity contribution in [1.82, 2.24) is 15.1 Å². The fraction of sp³-hybridized carbons (Fsp3) is 0.650. The van der Waals surface area contributed by atoms with E-state index >= 15 is 0 Å². The molecule has 138 valence electrons. The van der Waals surface area contributed by atoms with Crippen LogP contribution in [0.4, 0.5) is 4.79 Å². The third kappa shape index (κ3) is 5.19. The molecule has 1 aromatic carbocycles. The van der Waals surface area contributed by atoms with Gasteiger partial charge in [-0.3, -0.25) is 4.90 Å². The summed E-state index contributed by atoms with van der Waals surface area (Å²) in [4.78, 5) is 16.4. The minimum absolute atomic E-state index is 0.285. The summed E-state index contributed by atoms with van der Waals surface area (Å²) in [6, 6.07) is 9.43. The molecule has 1 aliphatic heterocycles. The van der Waals surface area contributed by atoms with Crippen molar-refractivity contribution in [2.75, 3.05) is 46.9 Å². The Morgan fingerprint density at radius 3 is 2.68 bits per heavy atom. The molecule has 1 unspecified atom stereocenters. The molecule has 1 heterocycles. The van der Waals surface area contributed by atoms with Crippen LogP contribution < -0.4 is 5.32 Å². The number of carbonyl (C=O) groups excluding carboxylic acids is 1. The Morgan fingerprint density at radius 1 is 1.28 bits per heavy atom. The highest BCUT2D eigenvalue weighted by Gasteiger charge is 2.30. The largest absolute Gasteiger partial charge is 0.449 e. The van der Waals surface area contributed by atoms with Gasteiger partial charge in [0.1, 0.15) is 0 Å². The number of alkyl carbamates (subject to hydrolysis) is 1. The van der Waals surface area contributed by atoms with Gasteiger partial charge in [-0.15, -0.1) is 0 Å². The fourth-order valence-electron chi connectivity index (χ4n) is 3.98. The normalized spacial score (nSPS) is 21.3. The smallest absolute Gasteiger partial charge is 0.407 e. The molecule has 1 saturated heterocycles. The number of rotatable bonds is 6. The number of amides is 1. The molecule has 1 aliphatic carbocycles. The lowest BCUT2D eigenvalue weighted by Gasteiger charge is -2.36. The number of likely N-dealkylation sites (N-methyl/N-ethyl adjacent to an activating group) is 1. The molecule has 0 spiro atoms. The molecule has 5 nitrogen and oxygen atoms in total. The summed E-state index contributed by atoms with van der Waals surface area (Å²) in [5.74, 6) is 0.456. The number of nitrogens with zero attached hydrogens (tertiary/aromatic N) is 2. The Bertz CT molecular complexity index is 551. The number of benzene rings is 1. The number of carbonyl (C=O) groups is 1. The van der Waals surface area contributed by atoms with E-state index in [2.05, 4.69) is 34.5 Å². The number of piperidine rings is 1. The number of likely N-dealkylation sites (tertiary alicyclic amines) is 1. The molecule has 1 fully saturated rings. The van der Waals surface area contributed by atoms with Crippen molar-refractivity contribution in [2.24, 2.45) is 5.92 Å². The van der Waals surface area contributed by atoms with E-state index in [9.17, 15) is 4.79 Å². The van der Waals surface area contributed by atoms with Crippen LogP contribution in [0.1, 0.15) is 24.0 Å². The van der Waals surface area contributed by atoms with Crippen molar-refractivity contribution >= 4 is 6.09 Å². The Labute approximate surface area is 151 Å². The summed E-state index contributed by atoms with van der Waals surface area (Å²) in [6.45, 7) is 4.20. The highest BCUT2D eigenvalue weighted by Crippen LogP contribution is 2.28. The average molecular weight is 345 g/mol. The quantitative estimate of drug-likeness (QED) is 0.858. The summed E-state index contributed by atoms with van der Waals surface area (Å²) in [5, 5.41) is 2.82. The van der Waals surface area contributed by atoms with E-state index in [1.807, 2.05) is 19.0 Å².